The third-order valence-corrected chi connectivity index (χ3v) is 4.10. The number of rotatable bonds is 3. The number of phenols is 1. The molecule has 1 atom stereocenters. The minimum absolute atomic E-state index is 0.0171. The molecule has 0 aromatic heterocycles. The van der Waals surface area contributed by atoms with Crippen LogP contribution in [0, 0.1) is 0 Å². The highest BCUT2D eigenvalue weighted by Gasteiger charge is 2.27. The van der Waals surface area contributed by atoms with Gasteiger partial charge in [-0.05, 0) is 46.3 Å². The number of carboxylic acids is 1. The van der Waals surface area contributed by atoms with Crippen LogP contribution >= 0.6 is 15.9 Å². The number of hydrogen-bond donors (Lipinski definition) is 3. The van der Waals surface area contributed by atoms with Crippen molar-refractivity contribution in [1.82, 2.24) is 0 Å². The topological polar surface area (TPSA) is 83.6 Å². The van der Waals surface area contributed by atoms with E-state index in [9.17, 15) is 9.90 Å². The summed E-state index contributed by atoms with van der Waals surface area (Å²) in [5.74, 6) is -1.84. The Kier molecular flexibility index (Phi) is 3.40. The fourth-order valence-electron chi connectivity index (χ4n) is 2.33. The maximum Gasteiger partial charge on any atom is 0.312 e. The number of phenolic OH excluding ortho intramolecular Hbond substituents is 1. The van der Waals surface area contributed by atoms with Crippen molar-refractivity contribution < 1.29 is 15.0 Å². The van der Waals surface area contributed by atoms with Gasteiger partial charge in [0, 0.05) is 12.1 Å². The Bertz CT molecular complexity index is 473. The number of nitrogens with two attached hydrogens (primary N) is 1. The molecule has 92 valence electrons. The molecule has 0 aliphatic heterocycles. The summed E-state index contributed by atoms with van der Waals surface area (Å²) in [5.41, 5.74) is 8.08. The molecule has 1 unspecified atom stereocenters. The predicted molar refractivity (Wildman–Crippen MR) is 67.3 cm³/mol. The van der Waals surface area contributed by atoms with Crippen LogP contribution in [0.4, 0.5) is 0 Å². The van der Waals surface area contributed by atoms with Gasteiger partial charge in [-0.15, -0.1) is 0 Å². The zero-order valence-electron chi connectivity index (χ0n) is 9.24. The SMILES string of the molecule is NCC(C(=O)O)c1cc2c(c(Br)c1O)CCC2. The number of aromatic hydroxyl groups is 1. The molecule has 1 aliphatic carbocycles. The monoisotopic (exact) mass is 299 g/mol. The standard InChI is InChI=1S/C12H14BrNO3/c13-10-7-3-1-2-6(7)4-8(11(10)15)9(5-14)12(16)17/h4,9,15H,1-3,5,14H2,(H,16,17). The minimum atomic E-state index is -1.01. The van der Waals surface area contributed by atoms with Gasteiger partial charge in [-0.25, -0.2) is 0 Å². The third kappa shape index (κ3) is 2.05. The van der Waals surface area contributed by atoms with Crippen molar-refractivity contribution in [3.8, 4) is 5.75 Å². The smallest absolute Gasteiger partial charge is 0.312 e. The lowest BCUT2D eigenvalue weighted by atomic mass is 9.94. The molecule has 0 heterocycles. The van der Waals surface area contributed by atoms with Gasteiger partial charge in [-0.1, -0.05) is 6.07 Å². The molecule has 2 rings (SSSR count). The lowest BCUT2D eigenvalue weighted by Crippen LogP contribution is -2.21. The average molecular weight is 300 g/mol. The molecular weight excluding hydrogens is 286 g/mol. The van der Waals surface area contributed by atoms with Gasteiger partial charge in [-0.2, -0.15) is 0 Å². The molecule has 0 bridgehead atoms. The van der Waals surface area contributed by atoms with Crippen LogP contribution < -0.4 is 5.73 Å². The second kappa shape index (κ2) is 4.66. The number of halogens is 1. The Balaban J connectivity index is 2.55. The maximum absolute atomic E-state index is 11.1. The van der Waals surface area contributed by atoms with Gasteiger partial charge in [0.25, 0.3) is 0 Å². The first-order chi connectivity index (χ1) is 8.06. The number of carbonyl (C=O) groups is 1. The minimum Gasteiger partial charge on any atom is -0.506 e. The summed E-state index contributed by atoms with van der Waals surface area (Å²) in [6.07, 6.45) is 2.89. The van der Waals surface area contributed by atoms with E-state index in [0.717, 1.165) is 30.4 Å². The molecule has 0 radical (unpaired) electrons. The molecule has 17 heavy (non-hydrogen) atoms. The lowest BCUT2D eigenvalue weighted by molar-refractivity contribution is -0.138. The van der Waals surface area contributed by atoms with Crippen molar-refractivity contribution in [1.29, 1.82) is 0 Å². The van der Waals surface area contributed by atoms with Gasteiger partial charge in [0.2, 0.25) is 0 Å². The molecule has 0 amide bonds. The van der Waals surface area contributed by atoms with E-state index in [1.54, 1.807) is 6.07 Å². The van der Waals surface area contributed by atoms with E-state index in [1.807, 2.05) is 0 Å². The van der Waals surface area contributed by atoms with Crippen LogP contribution in [0.5, 0.6) is 5.75 Å². The highest BCUT2D eigenvalue weighted by molar-refractivity contribution is 9.10. The molecule has 4 N–H and O–H groups in total. The summed E-state index contributed by atoms with van der Waals surface area (Å²) in [6.45, 7) is -0.0197. The molecular formula is C12H14BrNO3. The van der Waals surface area contributed by atoms with E-state index in [-0.39, 0.29) is 12.3 Å². The normalized spacial score (nSPS) is 15.6. The summed E-state index contributed by atoms with van der Waals surface area (Å²) >= 11 is 3.34. The van der Waals surface area contributed by atoms with Gasteiger partial charge in [0.15, 0.2) is 0 Å². The Morgan fingerprint density at radius 1 is 1.53 bits per heavy atom. The summed E-state index contributed by atoms with van der Waals surface area (Å²) in [4.78, 5) is 11.1. The fourth-order valence-corrected chi connectivity index (χ4v) is 3.01. The van der Waals surface area contributed by atoms with Crippen LogP contribution in [-0.4, -0.2) is 22.7 Å². The van der Waals surface area contributed by atoms with Gasteiger partial charge in [-0.3, -0.25) is 4.79 Å². The Hall–Kier alpha value is -1.07. The number of aryl methyl sites for hydroxylation is 1. The zero-order chi connectivity index (χ0) is 12.6. The van der Waals surface area contributed by atoms with E-state index in [2.05, 4.69) is 15.9 Å². The molecule has 1 aromatic rings. The zero-order valence-corrected chi connectivity index (χ0v) is 10.8. The highest BCUT2D eigenvalue weighted by atomic mass is 79.9. The lowest BCUT2D eigenvalue weighted by Gasteiger charge is -2.16. The summed E-state index contributed by atoms with van der Waals surface area (Å²) in [6, 6.07) is 1.79. The van der Waals surface area contributed by atoms with Crippen LogP contribution in [0.25, 0.3) is 0 Å². The molecule has 0 fully saturated rings. The first-order valence-corrected chi connectivity index (χ1v) is 6.31. The van der Waals surface area contributed by atoms with Crippen LogP contribution in [0.2, 0.25) is 0 Å². The first kappa shape index (κ1) is 12.4. The van der Waals surface area contributed by atoms with Gasteiger partial charge in [0.05, 0.1) is 10.4 Å². The third-order valence-electron chi connectivity index (χ3n) is 3.25. The summed E-state index contributed by atoms with van der Waals surface area (Å²) in [5, 5.41) is 19.1. The molecule has 0 saturated carbocycles. The summed E-state index contributed by atoms with van der Waals surface area (Å²) < 4.78 is 0.627. The molecule has 0 saturated heterocycles. The Labute approximate surface area is 108 Å². The van der Waals surface area contributed by atoms with Crippen LogP contribution in [0.3, 0.4) is 0 Å². The molecule has 0 spiro atoms. The van der Waals surface area contributed by atoms with Gasteiger partial charge < -0.3 is 15.9 Å². The van der Waals surface area contributed by atoms with Crippen LogP contribution in [0.1, 0.15) is 29.0 Å². The number of fused-ring (bicyclic) bond motifs is 1. The second-order valence-electron chi connectivity index (χ2n) is 4.25. The average Bonchev–Trinajstić information content (AvgIpc) is 2.73. The highest BCUT2D eigenvalue weighted by Crippen LogP contribution is 2.40. The fraction of sp³-hybridized carbons (Fsp3) is 0.417. The predicted octanol–water partition coefficient (Wildman–Crippen LogP) is 1.77. The van der Waals surface area contributed by atoms with Crippen LogP contribution in [0.15, 0.2) is 10.5 Å². The van der Waals surface area contributed by atoms with Crippen molar-refractivity contribution in [2.45, 2.75) is 25.2 Å². The van der Waals surface area contributed by atoms with Crippen molar-refractivity contribution in [2.24, 2.45) is 5.73 Å². The summed E-state index contributed by atoms with van der Waals surface area (Å²) in [7, 11) is 0. The largest absolute Gasteiger partial charge is 0.506 e. The van der Waals surface area contributed by atoms with Crippen molar-refractivity contribution in [3.63, 3.8) is 0 Å². The van der Waals surface area contributed by atoms with Crippen LogP contribution in [-0.2, 0) is 17.6 Å². The van der Waals surface area contributed by atoms with E-state index < -0.39 is 11.9 Å². The molecule has 5 heteroatoms. The number of benzene rings is 1. The molecule has 1 aromatic carbocycles. The number of carboxylic acid groups (broad SMARTS) is 1. The molecule has 4 nitrogen and oxygen atoms in total. The Morgan fingerprint density at radius 3 is 2.82 bits per heavy atom. The number of aliphatic carboxylic acids is 1. The van der Waals surface area contributed by atoms with Gasteiger partial charge >= 0.3 is 5.97 Å². The van der Waals surface area contributed by atoms with E-state index in [1.165, 1.54) is 0 Å². The van der Waals surface area contributed by atoms with Gasteiger partial charge in [0.1, 0.15) is 5.75 Å². The number of hydrogen-bond acceptors (Lipinski definition) is 3. The maximum atomic E-state index is 11.1. The first-order valence-electron chi connectivity index (χ1n) is 5.52. The second-order valence-corrected chi connectivity index (χ2v) is 5.04. The quantitative estimate of drug-likeness (QED) is 0.794. The van der Waals surface area contributed by atoms with E-state index in [4.69, 9.17) is 10.8 Å². The van der Waals surface area contributed by atoms with Crippen molar-refractivity contribution in [3.05, 3.63) is 27.2 Å². The Morgan fingerprint density at radius 2 is 2.24 bits per heavy atom. The van der Waals surface area contributed by atoms with E-state index in [0.29, 0.717) is 10.0 Å². The van der Waals surface area contributed by atoms with Crippen molar-refractivity contribution >= 4 is 21.9 Å². The van der Waals surface area contributed by atoms with E-state index >= 15 is 0 Å². The molecule has 1 aliphatic rings. The van der Waals surface area contributed by atoms with Crippen molar-refractivity contribution in [2.75, 3.05) is 6.54 Å².